The van der Waals surface area contributed by atoms with Crippen molar-refractivity contribution in [1.82, 2.24) is 10.3 Å². The first-order valence-electron chi connectivity index (χ1n) is 6.20. The first kappa shape index (κ1) is 14.2. The molecule has 0 aliphatic rings. The molecule has 2 rings (SSSR count). The van der Waals surface area contributed by atoms with Gasteiger partial charge < -0.3 is 5.32 Å². The predicted octanol–water partition coefficient (Wildman–Crippen LogP) is 4.40. The van der Waals surface area contributed by atoms with Gasteiger partial charge in [0.2, 0.25) is 0 Å². The van der Waals surface area contributed by atoms with Crippen LogP contribution in [0.3, 0.4) is 0 Å². The van der Waals surface area contributed by atoms with Gasteiger partial charge in [0, 0.05) is 28.3 Å². The lowest BCUT2D eigenvalue weighted by atomic mass is 10.1. The Hall–Kier alpha value is -1.26. The number of nitrogens with zero attached hydrogens (tertiary/aromatic N) is 1. The van der Waals surface area contributed by atoms with Crippen molar-refractivity contribution in [2.45, 2.75) is 25.9 Å². The maximum Gasteiger partial charge on any atom is 0.128 e. The third kappa shape index (κ3) is 3.61. The molecule has 0 fully saturated rings. The molecule has 100 valence electrons. The third-order valence-electron chi connectivity index (χ3n) is 3.06. The molecule has 1 aromatic heterocycles. The van der Waals surface area contributed by atoms with Crippen molar-refractivity contribution in [2.75, 3.05) is 0 Å². The van der Waals surface area contributed by atoms with Gasteiger partial charge in [0.25, 0.3) is 0 Å². The van der Waals surface area contributed by atoms with Crippen molar-refractivity contribution < 1.29 is 4.39 Å². The van der Waals surface area contributed by atoms with E-state index < -0.39 is 0 Å². The Kier molecular flexibility index (Phi) is 4.66. The molecule has 0 bridgehead atoms. The Morgan fingerprint density at radius 1 is 1.16 bits per heavy atom. The second-order valence-corrected chi connectivity index (χ2v) is 5.45. The molecule has 4 heteroatoms. The highest BCUT2D eigenvalue weighted by Crippen LogP contribution is 2.23. The Morgan fingerprint density at radius 2 is 1.95 bits per heavy atom. The number of nitrogens with one attached hydrogen (secondary N) is 1. The monoisotopic (exact) mass is 322 g/mol. The van der Waals surface area contributed by atoms with E-state index in [1.54, 1.807) is 18.3 Å². The van der Waals surface area contributed by atoms with E-state index in [4.69, 9.17) is 0 Å². The standard InChI is InChI=1S/C15H16BrFN2/c1-10(13-9-12(16)6-7-14(13)17)19-11(2)15-5-3-4-8-18-15/h3-11,19H,1-2H3/t10?,11-/m0/s1. The lowest BCUT2D eigenvalue weighted by Gasteiger charge is -2.20. The topological polar surface area (TPSA) is 24.9 Å². The minimum Gasteiger partial charge on any atom is -0.302 e. The lowest BCUT2D eigenvalue weighted by Crippen LogP contribution is -2.23. The highest BCUT2D eigenvalue weighted by Gasteiger charge is 2.15. The van der Waals surface area contributed by atoms with E-state index in [0.717, 1.165) is 10.2 Å². The van der Waals surface area contributed by atoms with E-state index in [0.29, 0.717) is 5.56 Å². The van der Waals surface area contributed by atoms with Crippen LogP contribution in [0, 0.1) is 5.82 Å². The minimum absolute atomic E-state index is 0.0644. The largest absolute Gasteiger partial charge is 0.302 e. The summed E-state index contributed by atoms with van der Waals surface area (Å²) >= 11 is 3.37. The van der Waals surface area contributed by atoms with Crippen molar-refractivity contribution in [2.24, 2.45) is 0 Å². The van der Waals surface area contributed by atoms with Gasteiger partial charge >= 0.3 is 0 Å². The first-order chi connectivity index (χ1) is 9.08. The Labute approximate surface area is 121 Å². The molecule has 2 aromatic rings. The number of pyridine rings is 1. The fraction of sp³-hybridized carbons (Fsp3) is 0.267. The minimum atomic E-state index is -0.198. The lowest BCUT2D eigenvalue weighted by molar-refractivity contribution is 0.467. The van der Waals surface area contributed by atoms with Gasteiger partial charge in [-0.25, -0.2) is 4.39 Å². The molecule has 19 heavy (non-hydrogen) atoms. The molecule has 0 radical (unpaired) electrons. The van der Waals surface area contributed by atoms with Gasteiger partial charge in [-0.05, 0) is 44.2 Å². The number of rotatable bonds is 4. The predicted molar refractivity (Wildman–Crippen MR) is 78.3 cm³/mol. The van der Waals surface area contributed by atoms with Crippen LogP contribution in [0.4, 0.5) is 4.39 Å². The van der Waals surface area contributed by atoms with Gasteiger partial charge in [-0.1, -0.05) is 22.0 Å². The summed E-state index contributed by atoms with van der Waals surface area (Å²) in [6, 6.07) is 10.7. The van der Waals surface area contributed by atoms with Crippen molar-refractivity contribution in [1.29, 1.82) is 0 Å². The zero-order chi connectivity index (χ0) is 13.8. The van der Waals surface area contributed by atoms with Crippen LogP contribution in [0.15, 0.2) is 47.1 Å². The smallest absolute Gasteiger partial charge is 0.128 e. The molecule has 1 aromatic carbocycles. The number of hydrogen-bond acceptors (Lipinski definition) is 2. The number of hydrogen-bond donors (Lipinski definition) is 1. The van der Waals surface area contributed by atoms with Gasteiger partial charge in [-0.15, -0.1) is 0 Å². The SMILES string of the molecule is CC(N[C@@H](C)c1ccccn1)c1cc(Br)ccc1F. The van der Waals surface area contributed by atoms with Crippen LogP contribution in [-0.2, 0) is 0 Å². The van der Waals surface area contributed by atoms with Gasteiger partial charge in [0.15, 0.2) is 0 Å². The molecule has 2 atom stereocenters. The maximum absolute atomic E-state index is 13.8. The van der Waals surface area contributed by atoms with Crippen LogP contribution in [0.2, 0.25) is 0 Å². The first-order valence-corrected chi connectivity index (χ1v) is 6.99. The molecule has 0 spiro atoms. The molecular formula is C15H16BrFN2. The number of benzene rings is 1. The average molecular weight is 323 g/mol. The summed E-state index contributed by atoms with van der Waals surface area (Å²) < 4.78 is 14.7. The molecular weight excluding hydrogens is 307 g/mol. The summed E-state index contributed by atoms with van der Waals surface area (Å²) in [4.78, 5) is 4.30. The van der Waals surface area contributed by atoms with Crippen molar-refractivity contribution in [3.05, 3.63) is 64.1 Å². The normalized spacial score (nSPS) is 14.1. The fourth-order valence-corrected chi connectivity index (χ4v) is 2.41. The fourth-order valence-electron chi connectivity index (χ4n) is 2.03. The van der Waals surface area contributed by atoms with Crippen LogP contribution >= 0.6 is 15.9 Å². The summed E-state index contributed by atoms with van der Waals surface area (Å²) in [5.41, 5.74) is 1.60. The number of halogens is 2. The van der Waals surface area contributed by atoms with E-state index in [1.165, 1.54) is 6.07 Å². The van der Waals surface area contributed by atoms with Gasteiger partial charge in [-0.3, -0.25) is 4.98 Å². The zero-order valence-corrected chi connectivity index (χ0v) is 12.5. The summed E-state index contributed by atoms with van der Waals surface area (Å²) in [5, 5.41) is 3.36. The van der Waals surface area contributed by atoms with Crippen LogP contribution < -0.4 is 5.32 Å². The van der Waals surface area contributed by atoms with E-state index in [9.17, 15) is 4.39 Å². The third-order valence-corrected chi connectivity index (χ3v) is 3.55. The summed E-state index contributed by atoms with van der Waals surface area (Å²) in [6.07, 6.45) is 1.76. The molecule has 1 unspecified atom stereocenters. The summed E-state index contributed by atoms with van der Waals surface area (Å²) in [5.74, 6) is -0.198. The second-order valence-electron chi connectivity index (χ2n) is 4.53. The van der Waals surface area contributed by atoms with Gasteiger partial charge in [-0.2, -0.15) is 0 Å². The number of aromatic nitrogens is 1. The summed E-state index contributed by atoms with van der Waals surface area (Å²) in [7, 11) is 0. The van der Waals surface area contributed by atoms with Crippen molar-refractivity contribution >= 4 is 15.9 Å². The average Bonchev–Trinajstić information content (AvgIpc) is 2.42. The van der Waals surface area contributed by atoms with Crippen molar-refractivity contribution in [3.63, 3.8) is 0 Å². The molecule has 0 saturated heterocycles. The van der Waals surface area contributed by atoms with Crippen molar-refractivity contribution in [3.8, 4) is 0 Å². The quantitative estimate of drug-likeness (QED) is 0.902. The molecule has 0 amide bonds. The van der Waals surface area contributed by atoms with E-state index in [2.05, 4.69) is 26.2 Å². The Morgan fingerprint density at radius 3 is 2.63 bits per heavy atom. The highest BCUT2D eigenvalue weighted by molar-refractivity contribution is 9.10. The molecule has 0 saturated carbocycles. The molecule has 1 N–H and O–H groups in total. The van der Waals surface area contributed by atoms with Crippen LogP contribution in [0.5, 0.6) is 0 Å². The van der Waals surface area contributed by atoms with Crippen LogP contribution in [-0.4, -0.2) is 4.98 Å². The van der Waals surface area contributed by atoms with Crippen LogP contribution in [0.25, 0.3) is 0 Å². The van der Waals surface area contributed by atoms with E-state index in [1.807, 2.05) is 32.0 Å². The Bertz CT molecular complexity index is 545. The maximum atomic E-state index is 13.8. The van der Waals surface area contributed by atoms with E-state index in [-0.39, 0.29) is 17.9 Å². The van der Waals surface area contributed by atoms with Crippen LogP contribution in [0.1, 0.15) is 37.2 Å². The molecule has 0 aliphatic carbocycles. The second kappa shape index (κ2) is 6.26. The molecule has 2 nitrogen and oxygen atoms in total. The van der Waals surface area contributed by atoms with E-state index >= 15 is 0 Å². The highest BCUT2D eigenvalue weighted by atomic mass is 79.9. The van der Waals surface area contributed by atoms with Gasteiger partial charge in [0.05, 0.1) is 5.69 Å². The van der Waals surface area contributed by atoms with Gasteiger partial charge in [0.1, 0.15) is 5.82 Å². The summed E-state index contributed by atoms with van der Waals surface area (Å²) in [6.45, 7) is 3.97. The Balaban J connectivity index is 2.13. The molecule has 0 aliphatic heterocycles. The zero-order valence-electron chi connectivity index (χ0n) is 10.9. The molecule has 1 heterocycles.